The van der Waals surface area contributed by atoms with Gasteiger partial charge < -0.3 is 5.21 Å². The van der Waals surface area contributed by atoms with E-state index in [1.54, 1.807) is 18.0 Å². The summed E-state index contributed by atoms with van der Waals surface area (Å²) in [5, 5.41) is 12.0. The van der Waals surface area contributed by atoms with Gasteiger partial charge in [0.05, 0.1) is 6.21 Å². The topological polar surface area (TPSA) is 32.6 Å². The maximum atomic E-state index is 8.52. The molecule has 0 aromatic heterocycles. The molecule has 0 aliphatic rings. The summed E-state index contributed by atoms with van der Waals surface area (Å²) in [6, 6.07) is 0. The van der Waals surface area contributed by atoms with Crippen LogP contribution in [0.15, 0.2) is 5.16 Å². The Labute approximate surface area is 130 Å². The molecule has 0 aromatic carbocycles. The second-order valence-corrected chi connectivity index (χ2v) is 6.79. The first-order chi connectivity index (χ1) is 9.85. The van der Waals surface area contributed by atoms with Gasteiger partial charge >= 0.3 is 0 Å². The van der Waals surface area contributed by atoms with Gasteiger partial charge in [0, 0.05) is 5.25 Å². The van der Waals surface area contributed by atoms with Crippen molar-refractivity contribution < 1.29 is 5.21 Å². The Morgan fingerprint density at radius 3 is 1.70 bits per heavy atom. The fourth-order valence-electron chi connectivity index (χ4n) is 2.51. The van der Waals surface area contributed by atoms with Gasteiger partial charge in [-0.1, -0.05) is 84.0 Å². The summed E-state index contributed by atoms with van der Waals surface area (Å²) in [6.07, 6.45) is 21.6. The highest BCUT2D eigenvalue weighted by Crippen LogP contribution is 2.16. The van der Waals surface area contributed by atoms with Crippen LogP contribution < -0.4 is 0 Å². The van der Waals surface area contributed by atoms with E-state index in [2.05, 4.69) is 18.3 Å². The predicted octanol–water partition coefficient (Wildman–Crippen LogP) is 6.27. The van der Waals surface area contributed by atoms with E-state index in [0.29, 0.717) is 5.25 Å². The molecule has 1 atom stereocenters. The number of rotatable bonds is 15. The van der Waals surface area contributed by atoms with Gasteiger partial charge in [0.1, 0.15) is 0 Å². The third kappa shape index (κ3) is 14.2. The minimum atomic E-state index is 0.392. The highest BCUT2D eigenvalue weighted by molar-refractivity contribution is 7.99. The highest BCUT2D eigenvalue weighted by atomic mass is 32.2. The van der Waals surface area contributed by atoms with Crippen LogP contribution in [0.2, 0.25) is 0 Å². The molecule has 0 heterocycles. The molecule has 2 nitrogen and oxygen atoms in total. The summed E-state index contributed by atoms with van der Waals surface area (Å²) in [4.78, 5) is 0. The molecule has 1 unspecified atom stereocenters. The Morgan fingerprint density at radius 1 is 0.850 bits per heavy atom. The van der Waals surface area contributed by atoms with Gasteiger partial charge in [-0.05, 0) is 12.7 Å². The van der Waals surface area contributed by atoms with E-state index in [4.69, 9.17) is 5.21 Å². The third-order valence-corrected chi connectivity index (χ3v) is 4.84. The van der Waals surface area contributed by atoms with E-state index >= 15 is 0 Å². The maximum Gasteiger partial charge on any atom is 0.0565 e. The van der Waals surface area contributed by atoms with Crippen LogP contribution in [-0.4, -0.2) is 22.9 Å². The number of hydrogen-bond acceptors (Lipinski definition) is 3. The van der Waals surface area contributed by atoms with Crippen LogP contribution in [0.5, 0.6) is 0 Å². The van der Waals surface area contributed by atoms with Crippen LogP contribution in [0.1, 0.15) is 90.4 Å². The van der Waals surface area contributed by atoms with E-state index in [1.165, 1.54) is 77.0 Å². The molecule has 0 saturated carbocycles. The average molecular weight is 302 g/mol. The molecule has 0 bridgehead atoms. The van der Waals surface area contributed by atoms with E-state index < -0.39 is 0 Å². The van der Waals surface area contributed by atoms with Crippen LogP contribution in [0.25, 0.3) is 0 Å². The lowest BCUT2D eigenvalue weighted by molar-refractivity contribution is 0.320. The Hall–Kier alpha value is -0.180. The van der Waals surface area contributed by atoms with Crippen molar-refractivity contribution in [2.24, 2.45) is 5.16 Å². The summed E-state index contributed by atoms with van der Waals surface area (Å²) in [5.74, 6) is 0. The Kier molecular flexibility index (Phi) is 16.7. The molecule has 0 amide bonds. The van der Waals surface area contributed by atoms with Gasteiger partial charge in [0.2, 0.25) is 0 Å². The Bertz CT molecular complexity index is 209. The number of hydrogen-bond donors (Lipinski definition) is 1. The van der Waals surface area contributed by atoms with Crippen LogP contribution in [0, 0.1) is 0 Å². The molecule has 1 N–H and O–H groups in total. The maximum absolute atomic E-state index is 8.52. The zero-order valence-electron chi connectivity index (χ0n) is 13.6. The fraction of sp³-hybridized carbons (Fsp3) is 0.941. The minimum absolute atomic E-state index is 0.392. The van der Waals surface area contributed by atoms with Crippen molar-refractivity contribution in [1.29, 1.82) is 0 Å². The molecule has 0 radical (unpaired) electrons. The van der Waals surface area contributed by atoms with Crippen molar-refractivity contribution in [1.82, 2.24) is 0 Å². The third-order valence-electron chi connectivity index (χ3n) is 3.88. The summed E-state index contributed by atoms with van der Waals surface area (Å²) in [7, 11) is 0. The summed E-state index contributed by atoms with van der Waals surface area (Å²) >= 11 is 1.77. The van der Waals surface area contributed by atoms with Crippen LogP contribution in [0.3, 0.4) is 0 Å². The van der Waals surface area contributed by atoms with Gasteiger partial charge in [-0.2, -0.15) is 11.8 Å². The molecule has 120 valence electrons. The number of unbranched alkanes of at least 4 members (excludes halogenated alkanes) is 11. The lowest BCUT2D eigenvalue weighted by Crippen LogP contribution is -2.03. The van der Waals surface area contributed by atoms with Gasteiger partial charge in [-0.25, -0.2) is 0 Å². The molecular formula is C17H35NOS. The lowest BCUT2D eigenvalue weighted by Gasteiger charge is -2.07. The summed E-state index contributed by atoms with van der Waals surface area (Å²) in [6.45, 7) is 2.28. The fourth-order valence-corrected chi connectivity index (χ4v) is 3.09. The van der Waals surface area contributed by atoms with Crippen LogP contribution in [0.4, 0.5) is 0 Å². The normalized spacial score (nSPS) is 13.1. The van der Waals surface area contributed by atoms with Crippen molar-refractivity contribution in [3.63, 3.8) is 0 Å². The molecule has 20 heavy (non-hydrogen) atoms. The summed E-state index contributed by atoms with van der Waals surface area (Å²) < 4.78 is 0. The first-order valence-corrected chi connectivity index (χ1v) is 9.84. The number of oxime groups is 1. The molecule has 0 aromatic rings. The largest absolute Gasteiger partial charge is 0.411 e. The zero-order valence-corrected chi connectivity index (χ0v) is 14.5. The first-order valence-electron chi connectivity index (χ1n) is 8.55. The van der Waals surface area contributed by atoms with Crippen LogP contribution in [-0.2, 0) is 0 Å². The molecule has 0 spiro atoms. The zero-order chi connectivity index (χ0) is 14.9. The molecule has 3 heteroatoms. The van der Waals surface area contributed by atoms with Crippen molar-refractivity contribution in [2.75, 3.05) is 6.26 Å². The highest BCUT2D eigenvalue weighted by Gasteiger charge is 2.03. The van der Waals surface area contributed by atoms with Gasteiger partial charge in [0.25, 0.3) is 0 Å². The van der Waals surface area contributed by atoms with Crippen molar-refractivity contribution >= 4 is 18.0 Å². The van der Waals surface area contributed by atoms with E-state index in [-0.39, 0.29) is 0 Å². The van der Waals surface area contributed by atoms with E-state index in [9.17, 15) is 0 Å². The smallest absolute Gasteiger partial charge is 0.0565 e. The standard InChI is InChI=1S/C17H35NOS/c1-3-4-5-6-7-8-9-10-11-12-13-14-15-17(20-2)16-18-19/h16-17,19H,3-15H2,1-2H3/b18-16-. The van der Waals surface area contributed by atoms with Gasteiger partial charge in [-0.15, -0.1) is 5.16 Å². The molecule has 0 rings (SSSR count). The van der Waals surface area contributed by atoms with E-state index in [0.717, 1.165) is 6.42 Å². The number of thioether (sulfide) groups is 1. The molecule has 0 saturated heterocycles. The SMILES string of the molecule is CCCCCCCCCCCCCCC(/C=N\O)SC. The molecular weight excluding hydrogens is 266 g/mol. The summed E-state index contributed by atoms with van der Waals surface area (Å²) in [5.41, 5.74) is 0. The number of nitrogens with zero attached hydrogens (tertiary/aromatic N) is 1. The van der Waals surface area contributed by atoms with E-state index in [1.807, 2.05) is 0 Å². The average Bonchev–Trinajstić information content (AvgIpc) is 2.47. The van der Waals surface area contributed by atoms with Crippen molar-refractivity contribution in [2.45, 2.75) is 95.6 Å². The predicted molar refractivity (Wildman–Crippen MR) is 93.3 cm³/mol. The lowest BCUT2D eigenvalue weighted by atomic mass is 10.0. The van der Waals surface area contributed by atoms with Gasteiger partial charge in [-0.3, -0.25) is 0 Å². The molecule has 0 aliphatic heterocycles. The second kappa shape index (κ2) is 16.9. The first kappa shape index (κ1) is 19.8. The Balaban J connectivity index is 3.13. The van der Waals surface area contributed by atoms with Crippen molar-refractivity contribution in [3.8, 4) is 0 Å². The Morgan fingerprint density at radius 2 is 1.30 bits per heavy atom. The second-order valence-electron chi connectivity index (χ2n) is 5.72. The quantitative estimate of drug-likeness (QED) is 0.167. The monoisotopic (exact) mass is 301 g/mol. The molecule has 0 aliphatic carbocycles. The van der Waals surface area contributed by atoms with Crippen LogP contribution >= 0.6 is 11.8 Å². The van der Waals surface area contributed by atoms with Gasteiger partial charge in [0.15, 0.2) is 0 Å². The minimum Gasteiger partial charge on any atom is -0.411 e. The van der Waals surface area contributed by atoms with Crippen molar-refractivity contribution in [3.05, 3.63) is 0 Å². The molecule has 0 fully saturated rings.